The van der Waals surface area contributed by atoms with Gasteiger partial charge in [0.1, 0.15) is 6.10 Å². The molecular formula is C17H26N2O3S. The average Bonchev–Trinajstić information content (AvgIpc) is 3.05. The second-order valence-electron chi connectivity index (χ2n) is 6.37. The van der Waals surface area contributed by atoms with Crippen LogP contribution >= 0.6 is 11.3 Å². The molecule has 0 radical (unpaired) electrons. The second kappa shape index (κ2) is 7.75. The van der Waals surface area contributed by atoms with Crippen molar-refractivity contribution in [3.8, 4) is 0 Å². The predicted molar refractivity (Wildman–Crippen MR) is 90.7 cm³/mol. The number of piperazine rings is 1. The highest BCUT2D eigenvalue weighted by Gasteiger charge is 2.28. The minimum atomic E-state index is -0.259. The maximum absolute atomic E-state index is 12.6. The number of carbonyl (C=O) groups excluding carboxylic acids is 1. The number of fused-ring (bicyclic) bond motifs is 1. The summed E-state index contributed by atoms with van der Waals surface area (Å²) in [4.78, 5) is 18.0. The van der Waals surface area contributed by atoms with Crippen LogP contribution in [0.15, 0.2) is 11.4 Å². The Balaban J connectivity index is 1.49. The molecular weight excluding hydrogens is 312 g/mol. The maximum atomic E-state index is 12.6. The number of aliphatic hydroxyl groups is 1. The molecule has 0 aromatic carbocycles. The molecule has 0 aliphatic carbocycles. The number of nitrogens with zero attached hydrogens (tertiary/aromatic N) is 2. The fourth-order valence-corrected chi connectivity index (χ4v) is 4.27. The fraction of sp³-hybridized carbons (Fsp3) is 0.706. The predicted octanol–water partition coefficient (Wildman–Crippen LogP) is 1.67. The molecule has 0 spiro atoms. The van der Waals surface area contributed by atoms with Gasteiger partial charge in [-0.25, -0.2) is 0 Å². The number of thiophene rings is 1. The molecule has 0 saturated carbocycles. The highest BCUT2D eigenvalue weighted by Crippen LogP contribution is 2.34. The van der Waals surface area contributed by atoms with E-state index in [2.05, 4.69) is 16.3 Å². The van der Waals surface area contributed by atoms with E-state index in [0.717, 1.165) is 39.0 Å². The quantitative estimate of drug-likeness (QED) is 0.887. The van der Waals surface area contributed by atoms with Crippen LogP contribution in [0.3, 0.4) is 0 Å². The zero-order valence-electron chi connectivity index (χ0n) is 13.7. The van der Waals surface area contributed by atoms with Crippen LogP contribution in [0.2, 0.25) is 0 Å². The van der Waals surface area contributed by atoms with Crippen LogP contribution in [0.5, 0.6) is 0 Å². The van der Waals surface area contributed by atoms with Crippen LogP contribution in [-0.2, 0) is 16.0 Å². The summed E-state index contributed by atoms with van der Waals surface area (Å²) in [5.41, 5.74) is 1.34. The number of ether oxygens (including phenoxy) is 1. The van der Waals surface area contributed by atoms with E-state index in [1.54, 1.807) is 11.3 Å². The smallest absolute Gasteiger partial charge is 0.225 e. The molecule has 1 aromatic rings. The summed E-state index contributed by atoms with van der Waals surface area (Å²) in [6.07, 6.45) is 1.87. The Morgan fingerprint density at radius 3 is 2.96 bits per heavy atom. The largest absolute Gasteiger partial charge is 0.392 e. The molecule has 2 aliphatic rings. The number of hydrogen-bond donors (Lipinski definition) is 1. The molecule has 23 heavy (non-hydrogen) atoms. The summed E-state index contributed by atoms with van der Waals surface area (Å²) in [5.74, 6) is 0.187. The first-order chi connectivity index (χ1) is 11.2. The molecule has 1 amide bonds. The van der Waals surface area contributed by atoms with Crippen molar-refractivity contribution in [2.24, 2.45) is 0 Å². The van der Waals surface area contributed by atoms with Crippen molar-refractivity contribution in [2.75, 3.05) is 39.3 Å². The van der Waals surface area contributed by atoms with Crippen molar-refractivity contribution in [1.29, 1.82) is 0 Å². The van der Waals surface area contributed by atoms with Gasteiger partial charge < -0.3 is 14.7 Å². The topological polar surface area (TPSA) is 53.0 Å². The first-order valence-corrected chi connectivity index (χ1v) is 9.41. The van der Waals surface area contributed by atoms with Gasteiger partial charge >= 0.3 is 0 Å². The monoisotopic (exact) mass is 338 g/mol. The zero-order valence-corrected chi connectivity index (χ0v) is 14.6. The van der Waals surface area contributed by atoms with Crippen LogP contribution in [0.25, 0.3) is 0 Å². The SMILES string of the molecule is CC[C@@H](O)CN1CCN(C(=O)C[C@@H]2OCCc3ccsc32)CC1. The van der Waals surface area contributed by atoms with E-state index in [1.165, 1.54) is 10.4 Å². The lowest BCUT2D eigenvalue weighted by atomic mass is 10.0. The van der Waals surface area contributed by atoms with E-state index in [-0.39, 0.29) is 18.1 Å². The summed E-state index contributed by atoms with van der Waals surface area (Å²) in [7, 11) is 0. The number of amides is 1. The van der Waals surface area contributed by atoms with E-state index >= 15 is 0 Å². The van der Waals surface area contributed by atoms with E-state index in [0.29, 0.717) is 19.6 Å². The van der Waals surface area contributed by atoms with Gasteiger partial charge in [-0.1, -0.05) is 6.92 Å². The Morgan fingerprint density at radius 1 is 1.43 bits per heavy atom. The number of hydrogen-bond acceptors (Lipinski definition) is 5. The Kier molecular flexibility index (Phi) is 5.69. The molecule has 5 nitrogen and oxygen atoms in total. The minimum Gasteiger partial charge on any atom is -0.392 e. The van der Waals surface area contributed by atoms with Gasteiger partial charge in [0.25, 0.3) is 0 Å². The van der Waals surface area contributed by atoms with Gasteiger partial charge in [0, 0.05) is 37.6 Å². The first-order valence-electron chi connectivity index (χ1n) is 8.53. The molecule has 3 heterocycles. The molecule has 128 valence electrons. The summed E-state index contributed by atoms with van der Waals surface area (Å²) >= 11 is 1.70. The molecule has 6 heteroatoms. The summed E-state index contributed by atoms with van der Waals surface area (Å²) < 4.78 is 5.83. The Morgan fingerprint density at radius 2 is 2.22 bits per heavy atom. The van der Waals surface area contributed by atoms with Crippen molar-refractivity contribution in [3.63, 3.8) is 0 Å². The van der Waals surface area contributed by atoms with Crippen molar-refractivity contribution in [3.05, 3.63) is 21.9 Å². The van der Waals surface area contributed by atoms with Gasteiger partial charge in [-0.2, -0.15) is 0 Å². The maximum Gasteiger partial charge on any atom is 0.225 e. The molecule has 0 unspecified atom stereocenters. The van der Waals surface area contributed by atoms with E-state index in [1.807, 2.05) is 11.8 Å². The highest BCUT2D eigenvalue weighted by atomic mass is 32.1. The Hall–Kier alpha value is -0.950. The molecule has 1 aromatic heterocycles. The van der Waals surface area contributed by atoms with Gasteiger partial charge in [0.2, 0.25) is 5.91 Å². The van der Waals surface area contributed by atoms with Crippen LogP contribution in [0.4, 0.5) is 0 Å². The first kappa shape index (κ1) is 16.9. The fourth-order valence-electron chi connectivity index (χ4n) is 3.27. The van der Waals surface area contributed by atoms with Crippen LogP contribution in [-0.4, -0.2) is 66.2 Å². The van der Waals surface area contributed by atoms with Gasteiger partial charge in [-0.15, -0.1) is 11.3 Å². The van der Waals surface area contributed by atoms with Crippen LogP contribution in [0, 0.1) is 0 Å². The summed E-state index contributed by atoms with van der Waals surface area (Å²) in [6, 6.07) is 2.15. The third kappa shape index (κ3) is 4.12. The number of β-amino-alcohol motifs (C(OH)–C–C–N with tert-alkyl or cyclic N) is 1. The molecule has 2 atom stereocenters. The molecule has 2 aliphatic heterocycles. The molecule has 1 fully saturated rings. The highest BCUT2D eigenvalue weighted by molar-refractivity contribution is 7.10. The van der Waals surface area contributed by atoms with Crippen molar-refractivity contribution >= 4 is 17.2 Å². The Labute approximate surface area is 141 Å². The molecule has 0 bridgehead atoms. The standard InChI is InChI=1S/C17H26N2O3S/c1-2-14(20)12-18-5-7-19(8-6-18)16(21)11-15-17-13(3-9-22-15)4-10-23-17/h4,10,14-15,20H,2-3,5-9,11-12H2,1H3/t14-,15+/m1/s1. The van der Waals surface area contributed by atoms with E-state index in [9.17, 15) is 9.90 Å². The normalized spacial score (nSPS) is 23.6. The van der Waals surface area contributed by atoms with Gasteiger partial charge in [-0.05, 0) is 29.9 Å². The molecule has 3 rings (SSSR count). The third-order valence-corrected chi connectivity index (χ3v) is 5.84. The third-order valence-electron chi connectivity index (χ3n) is 4.79. The second-order valence-corrected chi connectivity index (χ2v) is 7.31. The number of rotatable bonds is 5. The van der Waals surface area contributed by atoms with Gasteiger partial charge in [-0.3, -0.25) is 9.69 Å². The summed E-state index contributed by atoms with van der Waals surface area (Å²) in [6.45, 7) is 6.61. The molecule has 1 N–H and O–H groups in total. The van der Waals surface area contributed by atoms with Gasteiger partial charge in [0.15, 0.2) is 0 Å². The van der Waals surface area contributed by atoms with Crippen molar-refractivity contribution in [1.82, 2.24) is 9.80 Å². The molecule has 1 saturated heterocycles. The Bertz CT molecular complexity index is 526. The number of aliphatic hydroxyl groups excluding tert-OH is 1. The van der Waals surface area contributed by atoms with Crippen molar-refractivity contribution < 1.29 is 14.6 Å². The van der Waals surface area contributed by atoms with Crippen molar-refractivity contribution in [2.45, 2.75) is 38.4 Å². The lowest BCUT2D eigenvalue weighted by Gasteiger charge is -2.36. The number of carbonyl (C=O) groups is 1. The van der Waals surface area contributed by atoms with E-state index < -0.39 is 0 Å². The minimum absolute atomic E-state index is 0.0637. The van der Waals surface area contributed by atoms with Gasteiger partial charge in [0.05, 0.1) is 19.1 Å². The van der Waals surface area contributed by atoms with Crippen LogP contribution < -0.4 is 0 Å². The van der Waals surface area contributed by atoms with E-state index in [4.69, 9.17) is 4.74 Å². The lowest BCUT2D eigenvalue weighted by Crippen LogP contribution is -2.50. The summed E-state index contributed by atoms with van der Waals surface area (Å²) in [5, 5.41) is 11.8. The average molecular weight is 338 g/mol. The lowest BCUT2D eigenvalue weighted by molar-refractivity contribution is -0.136. The van der Waals surface area contributed by atoms with Crippen LogP contribution in [0.1, 0.15) is 36.3 Å². The zero-order chi connectivity index (χ0) is 16.2.